The number of thioether (sulfide) groups is 1. The minimum Gasteiger partial charge on any atom is -0.497 e. The van der Waals surface area contributed by atoms with Gasteiger partial charge >= 0.3 is 0 Å². The Balaban J connectivity index is 1.44. The average Bonchev–Trinajstić information content (AvgIpc) is 2.90. The number of nitrogens with zero attached hydrogens (tertiary/aromatic N) is 2. The van der Waals surface area contributed by atoms with Gasteiger partial charge in [-0.25, -0.2) is 4.98 Å². The Kier molecular flexibility index (Phi) is 6.54. The van der Waals surface area contributed by atoms with E-state index in [0.29, 0.717) is 46.1 Å². The Hall–Kier alpha value is -4.04. The molecular formula is C27H23N3O4S. The SMILES string of the molecule is COc1cccc(NC(=O)CSc2nc(-c3ccccc3)nc3c2Cc2cccc(OC)c2O3)c1. The van der Waals surface area contributed by atoms with Crippen LogP contribution in [0.2, 0.25) is 0 Å². The summed E-state index contributed by atoms with van der Waals surface area (Å²) in [6, 6.07) is 22.8. The summed E-state index contributed by atoms with van der Waals surface area (Å²) in [5, 5.41) is 3.62. The number of anilines is 1. The molecule has 35 heavy (non-hydrogen) atoms. The number of para-hydroxylation sites is 1. The molecule has 0 saturated heterocycles. The van der Waals surface area contributed by atoms with E-state index in [0.717, 1.165) is 16.7 Å². The van der Waals surface area contributed by atoms with E-state index in [1.165, 1.54) is 11.8 Å². The van der Waals surface area contributed by atoms with Crippen molar-refractivity contribution in [2.24, 2.45) is 0 Å². The molecule has 0 saturated carbocycles. The number of carbonyl (C=O) groups excluding carboxylic acids is 1. The highest BCUT2D eigenvalue weighted by Gasteiger charge is 2.26. The number of fused-ring (bicyclic) bond motifs is 2. The number of aromatic nitrogens is 2. The zero-order chi connectivity index (χ0) is 24.2. The highest BCUT2D eigenvalue weighted by atomic mass is 32.2. The van der Waals surface area contributed by atoms with Crippen LogP contribution in [0.15, 0.2) is 77.8 Å². The molecule has 0 bridgehead atoms. The maximum Gasteiger partial charge on any atom is 0.234 e. The molecule has 3 aromatic carbocycles. The Labute approximate surface area is 207 Å². The number of nitrogens with one attached hydrogen (secondary N) is 1. The molecule has 1 aliphatic rings. The van der Waals surface area contributed by atoms with Crippen LogP contribution in [0.4, 0.5) is 5.69 Å². The second-order valence-corrected chi connectivity index (χ2v) is 8.76. The van der Waals surface area contributed by atoms with E-state index >= 15 is 0 Å². The molecule has 0 unspecified atom stereocenters. The molecule has 1 aromatic heterocycles. The van der Waals surface area contributed by atoms with Gasteiger partial charge in [-0.15, -0.1) is 0 Å². The molecule has 4 aromatic rings. The van der Waals surface area contributed by atoms with Crippen LogP contribution >= 0.6 is 11.8 Å². The van der Waals surface area contributed by atoms with Gasteiger partial charge in [0.2, 0.25) is 11.8 Å². The molecule has 7 nitrogen and oxygen atoms in total. The maximum absolute atomic E-state index is 12.7. The number of carbonyl (C=O) groups is 1. The van der Waals surface area contributed by atoms with Crippen LogP contribution in [0.3, 0.4) is 0 Å². The predicted molar refractivity (Wildman–Crippen MR) is 136 cm³/mol. The highest BCUT2D eigenvalue weighted by Crippen LogP contribution is 2.44. The van der Waals surface area contributed by atoms with Gasteiger partial charge in [0.1, 0.15) is 10.8 Å². The molecule has 1 amide bonds. The summed E-state index contributed by atoms with van der Waals surface area (Å²) in [5.41, 5.74) is 3.38. The number of benzene rings is 3. The van der Waals surface area contributed by atoms with Gasteiger partial charge in [-0.2, -0.15) is 4.98 Å². The van der Waals surface area contributed by atoms with Crippen LogP contribution in [0.1, 0.15) is 11.1 Å². The molecule has 0 spiro atoms. The van der Waals surface area contributed by atoms with Gasteiger partial charge in [-0.3, -0.25) is 4.79 Å². The van der Waals surface area contributed by atoms with Crippen molar-refractivity contribution in [2.75, 3.05) is 25.3 Å². The van der Waals surface area contributed by atoms with Crippen molar-refractivity contribution in [1.29, 1.82) is 0 Å². The van der Waals surface area contributed by atoms with Crippen molar-refractivity contribution in [3.05, 3.63) is 83.9 Å². The number of ether oxygens (including phenoxy) is 3. The molecule has 176 valence electrons. The largest absolute Gasteiger partial charge is 0.497 e. The Morgan fingerprint density at radius 1 is 1.00 bits per heavy atom. The van der Waals surface area contributed by atoms with E-state index in [1.54, 1.807) is 20.3 Å². The molecule has 0 fully saturated rings. The summed E-state index contributed by atoms with van der Waals surface area (Å²) in [6.45, 7) is 0. The van der Waals surface area contributed by atoms with Gasteiger partial charge in [0.15, 0.2) is 17.3 Å². The lowest BCUT2D eigenvalue weighted by molar-refractivity contribution is -0.113. The van der Waals surface area contributed by atoms with Crippen molar-refractivity contribution >= 4 is 23.4 Å². The van der Waals surface area contributed by atoms with Crippen LogP contribution < -0.4 is 19.5 Å². The number of amides is 1. The quantitative estimate of drug-likeness (QED) is 0.238. The second kappa shape index (κ2) is 10.1. The normalized spacial score (nSPS) is 11.6. The fourth-order valence-electron chi connectivity index (χ4n) is 3.81. The van der Waals surface area contributed by atoms with E-state index in [4.69, 9.17) is 24.2 Å². The van der Waals surface area contributed by atoms with Crippen LogP contribution in [0.25, 0.3) is 11.4 Å². The average molecular weight is 486 g/mol. The van der Waals surface area contributed by atoms with Crippen LogP contribution in [-0.2, 0) is 11.2 Å². The third-order valence-corrected chi connectivity index (χ3v) is 6.52. The van der Waals surface area contributed by atoms with E-state index < -0.39 is 0 Å². The molecule has 1 aliphatic heterocycles. The lowest BCUT2D eigenvalue weighted by atomic mass is 10.0. The van der Waals surface area contributed by atoms with Crippen molar-refractivity contribution in [1.82, 2.24) is 9.97 Å². The van der Waals surface area contributed by atoms with E-state index in [2.05, 4.69) is 5.32 Å². The summed E-state index contributed by atoms with van der Waals surface area (Å²) in [6.07, 6.45) is 0.580. The van der Waals surface area contributed by atoms with Crippen molar-refractivity contribution in [2.45, 2.75) is 11.4 Å². The fourth-order valence-corrected chi connectivity index (χ4v) is 4.64. The zero-order valence-electron chi connectivity index (χ0n) is 19.3. The summed E-state index contributed by atoms with van der Waals surface area (Å²) in [4.78, 5) is 22.3. The van der Waals surface area contributed by atoms with Crippen molar-refractivity contribution in [3.63, 3.8) is 0 Å². The Bertz CT molecular complexity index is 1380. The van der Waals surface area contributed by atoms with Crippen molar-refractivity contribution < 1.29 is 19.0 Å². The lowest BCUT2D eigenvalue weighted by Gasteiger charge is -2.23. The number of hydrogen-bond acceptors (Lipinski definition) is 7. The minimum absolute atomic E-state index is 0.143. The van der Waals surface area contributed by atoms with Gasteiger partial charge in [-0.05, 0) is 18.2 Å². The van der Waals surface area contributed by atoms with Crippen molar-refractivity contribution in [3.8, 4) is 34.5 Å². The highest BCUT2D eigenvalue weighted by molar-refractivity contribution is 8.00. The van der Waals surface area contributed by atoms with Crippen LogP contribution in [0, 0.1) is 0 Å². The Morgan fingerprint density at radius 2 is 1.83 bits per heavy atom. The molecular weight excluding hydrogens is 462 g/mol. The van der Waals surface area contributed by atoms with Crippen LogP contribution in [-0.4, -0.2) is 35.8 Å². The fraction of sp³-hybridized carbons (Fsp3) is 0.148. The molecule has 0 aliphatic carbocycles. The van der Waals surface area contributed by atoms with E-state index in [9.17, 15) is 4.79 Å². The summed E-state index contributed by atoms with van der Waals surface area (Å²) in [5.74, 6) is 3.05. The molecule has 8 heteroatoms. The molecule has 5 rings (SSSR count). The van der Waals surface area contributed by atoms with Gasteiger partial charge < -0.3 is 19.5 Å². The third kappa shape index (κ3) is 4.93. The van der Waals surface area contributed by atoms with Gasteiger partial charge in [0.25, 0.3) is 0 Å². The molecule has 0 atom stereocenters. The summed E-state index contributed by atoms with van der Waals surface area (Å²) in [7, 11) is 3.21. The topological polar surface area (TPSA) is 82.6 Å². The first-order valence-electron chi connectivity index (χ1n) is 11.0. The molecule has 0 radical (unpaired) electrons. The van der Waals surface area contributed by atoms with Crippen LogP contribution in [0.5, 0.6) is 23.1 Å². The standard InChI is InChI=1S/C27H23N3O4S/c1-32-20-12-7-11-19(15-20)28-23(31)16-35-27-21-14-18-10-6-13-22(33-2)24(18)34-26(21)29-25(30-27)17-8-4-3-5-9-17/h3-13,15H,14,16H2,1-2H3,(H,28,31). The maximum atomic E-state index is 12.7. The summed E-state index contributed by atoms with van der Waals surface area (Å²) < 4.78 is 16.9. The minimum atomic E-state index is -0.143. The second-order valence-electron chi connectivity index (χ2n) is 7.80. The first-order chi connectivity index (χ1) is 17.1. The Morgan fingerprint density at radius 3 is 2.63 bits per heavy atom. The van der Waals surface area contributed by atoms with Gasteiger partial charge in [0.05, 0.1) is 25.5 Å². The number of rotatable bonds is 7. The first kappa shape index (κ1) is 22.7. The first-order valence-corrected chi connectivity index (χ1v) is 12.0. The smallest absolute Gasteiger partial charge is 0.234 e. The number of methoxy groups -OCH3 is 2. The lowest BCUT2D eigenvalue weighted by Crippen LogP contribution is -2.15. The van der Waals surface area contributed by atoms with Gasteiger partial charge in [-0.1, -0.05) is 60.3 Å². The van der Waals surface area contributed by atoms with E-state index in [-0.39, 0.29) is 11.7 Å². The zero-order valence-corrected chi connectivity index (χ0v) is 20.1. The summed E-state index contributed by atoms with van der Waals surface area (Å²) >= 11 is 1.36. The third-order valence-electron chi connectivity index (χ3n) is 5.50. The predicted octanol–water partition coefficient (Wildman–Crippen LogP) is 5.59. The van der Waals surface area contributed by atoms with E-state index in [1.807, 2.05) is 66.7 Å². The van der Waals surface area contributed by atoms with Gasteiger partial charge in [0, 0.05) is 29.3 Å². The molecule has 2 heterocycles. The monoisotopic (exact) mass is 485 g/mol. The molecule has 1 N–H and O–H groups in total. The number of hydrogen-bond donors (Lipinski definition) is 1.